The standard InChI is InChI=1S/C12H20N2O2S/c1-11(2,3)8-7(14-10(13)17-8)9(15)16-12(4,5)6/h1-6H3,(H2,13,14). The molecule has 0 aromatic carbocycles. The number of ether oxygens (including phenoxy) is 1. The SMILES string of the molecule is CC(C)(C)OC(=O)c1nc(N)sc1C(C)(C)C. The van der Waals surface area contributed by atoms with E-state index in [-0.39, 0.29) is 5.41 Å². The number of hydrogen-bond acceptors (Lipinski definition) is 5. The first-order chi connectivity index (χ1) is 7.50. The average Bonchev–Trinajstić information content (AvgIpc) is 2.43. The summed E-state index contributed by atoms with van der Waals surface area (Å²) in [5.74, 6) is -0.407. The second-order valence-corrected chi connectivity index (χ2v) is 7.01. The van der Waals surface area contributed by atoms with Gasteiger partial charge in [0.25, 0.3) is 0 Å². The third kappa shape index (κ3) is 3.70. The fourth-order valence-electron chi connectivity index (χ4n) is 1.31. The molecule has 1 aromatic rings. The Balaban J connectivity index is 3.10. The number of nitrogens with two attached hydrogens (primary N) is 1. The summed E-state index contributed by atoms with van der Waals surface area (Å²) in [6, 6.07) is 0. The Bertz CT molecular complexity index is 425. The maximum atomic E-state index is 12.0. The maximum absolute atomic E-state index is 12.0. The van der Waals surface area contributed by atoms with Gasteiger partial charge < -0.3 is 10.5 Å². The molecule has 96 valence electrons. The smallest absolute Gasteiger partial charge is 0.358 e. The van der Waals surface area contributed by atoms with Gasteiger partial charge in [-0.2, -0.15) is 0 Å². The normalized spacial score (nSPS) is 12.6. The van der Waals surface area contributed by atoms with Gasteiger partial charge in [0.2, 0.25) is 0 Å². The van der Waals surface area contributed by atoms with Crippen LogP contribution in [0.1, 0.15) is 56.9 Å². The van der Waals surface area contributed by atoms with Crippen molar-refractivity contribution < 1.29 is 9.53 Å². The number of rotatable bonds is 1. The summed E-state index contributed by atoms with van der Waals surface area (Å²) in [7, 11) is 0. The van der Waals surface area contributed by atoms with Crippen molar-refractivity contribution in [2.75, 3.05) is 5.73 Å². The van der Waals surface area contributed by atoms with Crippen molar-refractivity contribution in [3.8, 4) is 0 Å². The van der Waals surface area contributed by atoms with Crippen LogP contribution < -0.4 is 5.73 Å². The highest BCUT2D eigenvalue weighted by Gasteiger charge is 2.29. The predicted octanol–water partition coefficient (Wildman–Crippen LogP) is 2.98. The van der Waals surface area contributed by atoms with Crippen LogP contribution in [-0.2, 0) is 10.2 Å². The molecule has 4 nitrogen and oxygen atoms in total. The molecule has 0 aliphatic carbocycles. The lowest BCUT2D eigenvalue weighted by atomic mass is 9.93. The molecule has 17 heavy (non-hydrogen) atoms. The van der Waals surface area contributed by atoms with Crippen LogP contribution in [0, 0.1) is 0 Å². The number of nitrogens with zero attached hydrogens (tertiary/aromatic N) is 1. The van der Waals surface area contributed by atoms with Gasteiger partial charge in [-0.15, -0.1) is 11.3 Å². The number of anilines is 1. The van der Waals surface area contributed by atoms with Crippen molar-refractivity contribution in [3.05, 3.63) is 10.6 Å². The van der Waals surface area contributed by atoms with Crippen molar-refractivity contribution >= 4 is 22.4 Å². The van der Waals surface area contributed by atoms with Crippen molar-refractivity contribution in [1.29, 1.82) is 0 Å². The average molecular weight is 256 g/mol. The molecule has 0 saturated heterocycles. The molecule has 0 unspecified atom stereocenters. The molecule has 0 aliphatic heterocycles. The van der Waals surface area contributed by atoms with Crippen molar-refractivity contribution in [2.45, 2.75) is 52.6 Å². The number of thiazole rings is 1. The van der Waals surface area contributed by atoms with Gasteiger partial charge in [-0.3, -0.25) is 0 Å². The first kappa shape index (κ1) is 14.0. The van der Waals surface area contributed by atoms with E-state index in [9.17, 15) is 4.79 Å². The lowest BCUT2D eigenvalue weighted by molar-refractivity contribution is 0.00613. The zero-order valence-corrected chi connectivity index (χ0v) is 12.1. The highest BCUT2D eigenvalue weighted by Crippen LogP contribution is 2.33. The molecule has 0 spiro atoms. The monoisotopic (exact) mass is 256 g/mol. The van der Waals surface area contributed by atoms with Gasteiger partial charge in [0, 0.05) is 4.88 Å². The topological polar surface area (TPSA) is 65.2 Å². The molecule has 0 radical (unpaired) electrons. The van der Waals surface area contributed by atoms with E-state index in [2.05, 4.69) is 4.98 Å². The van der Waals surface area contributed by atoms with Crippen LogP contribution >= 0.6 is 11.3 Å². The van der Waals surface area contributed by atoms with Crippen LogP contribution in [-0.4, -0.2) is 16.6 Å². The van der Waals surface area contributed by atoms with Crippen LogP contribution in [0.3, 0.4) is 0 Å². The lowest BCUT2D eigenvalue weighted by Gasteiger charge is -2.21. The molecule has 0 fully saturated rings. The van der Waals surface area contributed by atoms with E-state index >= 15 is 0 Å². The van der Waals surface area contributed by atoms with Crippen molar-refractivity contribution in [3.63, 3.8) is 0 Å². The number of aromatic nitrogens is 1. The summed E-state index contributed by atoms with van der Waals surface area (Å²) in [6.07, 6.45) is 0. The van der Waals surface area contributed by atoms with E-state index in [1.54, 1.807) is 0 Å². The summed E-state index contributed by atoms with van der Waals surface area (Å²) >= 11 is 1.34. The van der Waals surface area contributed by atoms with Crippen LogP contribution in [0.15, 0.2) is 0 Å². The van der Waals surface area contributed by atoms with Crippen molar-refractivity contribution in [2.24, 2.45) is 0 Å². The third-order valence-electron chi connectivity index (χ3n) is 1.92. The fourth-order valence-corrected chi connectivity index (χ4v) is 2.19. The first-order valence-electron chi connectivity index (χ1n) is 5.51. The minimum atomic E-state index is -0.523. The largest absolute Gasteiger partial charge is 0.455 e. The molecule has 5 heteroatoms. The van der Waals surface area contributed by atoms with Crippen LogP contribution in [0.2, 0.25) is 0 Å². The molecule has 0 amide bonds. The van der Waals surface area contributed by atoms with Gasteiger partial charge in [-0.25, -0.2) is 9.78 Å². The molecule has 1 heterocycles. The van der Waals surface area contributed by atoms with E-state index in [1.165, 1.54) is 11.3 Å². The van der Waals surface area contributed by atoms with E-state index in [0.29, 0.717) is 10.8 Å². The summed E-state index contributed by atoms with van der Waals surface area (Å²) in [6.45, 7) is 11.6. The number of carbonyl (C=O) groups is 1. The molecule has 2 N–H and O–H groups in total. The van der Waals surface area contributed by atoms with Gasteiger partial charge in [0.05, 0.1) is 0 Å². The highest BCUT2D eigenvalue weighted by molar-refractivity contribution is 7.15. The van der Waals surface area contributed by atoms with Gasteiger partial charge in [-0.1, -0.05) is 20.8 Å². The van der Waals surface area contributed by atoms with Gasteiger partial charge in [-0.05, 0) is 26.2 Å². The summed E-state index contributed by atoms with van der Waals surface area (Å²) in [5, 5.41) is 0.399. The van der Waals surface area contributed by atoms with E-state index in [4.69, 9.17) is 10.5 Å². The molecule has 0 aliphatic rings. The third-order valence-corrected chi connectivity index (χ3v) is 3.23. The molecule has 0 atom stereocenters. The molecule has 0 saturated carbocycles. The van der Waals surface area contributed by atoms with Crippen LogP contribution in [0.4, 0.5) is 5.13 Å². The Hall–Kier alpha value is -1.10. The van der Waals surface area contributed by atoms with Gasteiger partial charge in [0.1, 0.15) is 5.60 Å². The Morgan fingerprint density at radius 3 is 2.18 bits per heavy atom. The molecule has 1 rings (SSSR count). The number of esters is 1. The predicted molar refractivity (Wildman–Crippen MR) is 70.4 cm³/mol. The Kier molecular flexibility index (Phi) is 3.52. The van der Waals surface area contributed by atoms with E-state index < -0.39 is 11.6 Å². The van der Waals surface area contributed by atoms with Crippen LogP contribution in [0.5, 0.6) is 0 Å². The lowest BCUT2D eigenvalue weighted by Crippen LogP contribution is -2.26. The minimum absolute atomic E-state index is 0.165. The molecule has 0 bridgehead atoms. The fraction of sp³-hybridized carbons (Fsp3) is 0.667. The number of nitrogen functional groups attached to an aromatic ring is 1. The maximum Gasteiger partial charge on any atom is 0.358 e. The Morgan fingerprint density at radius 2 is 1.76 bits per heavy atom. The summed E-state index contributed by atoms with van der Waals surface area (Å²) in [5.41, 5.74) is 5.33. The summed E-state index contributed by atoms with van der Waals surface area (Å²) < 4.78 is 5.32. The Labute approximate surface area is 106 Å². The minimum Gasteiger partial charge on any atom is -0.455 e. The second-order valence-electron chi connectivity index (χ2n) is 5.98. The quantitative estimate of drug-likeness (QED) is 0.784. The van der Waals surface area contributed by atoms with E-state index in [0.717, 1.165) is 4.88 Å². The summed E-state index contributed by atoms with van der Waals surface area (Å²) in [4.78, 5) is 17.0. The zero-order valence-electron chi connectivity index (χ0n) is 11.2. The van der Waals surface area contributed by atoms with E-state index in [1.807, 2.05) is 41.5 Å². The number of hydrogen-bond donors (Lipinski definition) is 1. The number of carbonyl (C=O) groups excluding carboxylic acids is 1. The molecule has 1 aromatic heterocycles. The highest BCUT2D eigenvalue weighted by atomic mass is 32.1. The second kappa shape index (κ2) is 4.29. The van der Waals surface area contributed by atoms with Gasteiger partial charge >= 0.3 is 5.97 Å². The molecular weight excluding hydrogens is 236 g/mol. The molecular formula is C12H20N2O2S. The first-order valence-corrected chi connectivity index (χ1v) is 6.32. The zero-order chi connectivity index (χ0) is 13.4. The Morgan fingerprint density at radius 1 is 1.24 bits per heavy atom. The van der Waals surface area contributed by atoms with Crippen molar-refractivity contribution in [1.82, 2.24) is 4.98 Å². The van der Waals surface area contributed by atoms with Gasteiger partial charge in [0.15, 0.2) is 10.8 Å². The van der Waals surface area contributed by atoms with Crippen LogP contribution in [0.25, 0.3) is 0 Å².